The monoisotopic (exact) mass is 298 g/mol. The minimum atomic E-state index is -3.46. The Morgan fingerprint density at radius 1 is 1.40 bits per heavy atom. The summed E-state index contributed by atoms with van der Waals surface area (Å²) in [4.78, 5) is 4.01. The summed E-state index contributed by atoms with van der Waals surface area (Å²) < 4.78 is 36.6. The lowest BCUT2D eigenvalue weighted by molar-refractivity contribution is -0.0778. The average Bonchev–Trinajstić information content (AvgIpc) is 2.87. The van der Waals surface area contributed by atoms with E-state index < -0.39 is 20.7 Å². The van der Waals surface area contributed by atoms with E-state index in [9.17, 15) is 8.42 Å². The van der Waals surface area contributed by atoms with Gasteiger partial charge in [-0.15, -0.1) is 0 Å². The van der Waals surface area contributed by atoms with E-state index in [1.807, 2.05) is 0 Å². The summed E-state index contributed by atoms with van der Waals surface area (Å²) >= 11 is 0. The molecule has 0 saturated carbocycles. The van der Waals surface area contributed by atoms with Crippen LogP contribution in [-0.4, -0.2) is 44.1 Å². The Kier molecular flexibility index (Phi) is 3.43. The number of hydrogen-bond donors (Lipinski definition) is 1. The van der Waals surface area contributed by atoms with Crippen molar-refractivity contribution < 1.29 is 17.9 Å². The number of anilines is 1. The van der Waals surface area contributed by atoms with Crippen LogP contribution >= 0.6 is 0 Å². The molecule has 1 spiro atoms. The second-order valence-electron chi connectivity index (χ2n) is 5.41. The Hall–Kier alpha value is -1.18. The summed E-state index contributed by atoms with van der Waals surface area (Å²) in [6.45, 7) is 1.55. The minimum Gasteiger partial charge on any atom is -0.396 e. The predicted octanol–water partition coefficient (Wildman–Crippen LogP) is 0.776. The highest BCUT2D eigenvalue weighted by atomic mass is 32.2. The third kappa shape index (κ3) is 2.30. The topological polar surface area (TPSA) is 91.5 Å². The Labute approximate surface area is 118 Å². The first-order valence-electron chi connectivity index (χ1n) is 6.69. The first-order chi connectivity index (χ1) is 9.54. The smallest absolute Gasteiger partial charge is 0.183 e. The maximum absolute atomic E-state index is 12.7. The molecule has 0 radical (unpaired) electrons. The highest BCUT2D eigenvalue weighted by Crippen LogP contribution is 2.37. The number of nitrogen functional groups attached to an aromatic ring is 1. The Morgan fingerprint density at radius 3 is 2.95 bits per heavy atom. The molecule has 0 aliphatic carbocycles. The zero-order chi connectivity index (χ0) is 14.2. The summed E-state index contributed by atoms with van der Waals surface area (Å²) in [6, 6.07) is 1.47. The highest BCUT2D eigenvalue weighted by Gasteiger charge is 2.45. The first-order valence-corrected chi connectivity index (χ1v) is 8.23. The Balaban J connectivity index is 1.90. The predicted molar refractivity (Wildman–Crippen MR) is 73.0 cm³/mol. The third-order valence-electron chi connectivity index (χ3n) is 4.07. The molecule has 20 heavy (non-hydrogen) atoms. The molecule has 2 aliphatic rings. The van der Waals surface area contributed by atoms with E-state index >= 15 is 0 Å². The van der Waals surface area contributed by atoms with E-state index in [-0.39, 0.29) is 10.6 Å². The SMILES string of the molecule is Nc1cnccc1S(=O)(=O)C1CCOC2(CCOC2)C1. The summed E-state index contributed by atoms with van der Waals surface area (Å²) in [6.07, 6.45) is 4.55. The molecule has 2 unspecified atom stereocenters. The van der Waals surface area contributed by atoms with Gasteiger partial charge in [0, 0.05) is 25.8 Å². The molecule has 0 bridgehead atoms. The largest absolute Gasteiger partial charge is 0.396 e. The highest BCUT2D eigenvalue weighted by molar-refractivity contribution is 7.92. The van der Waals surface area contributed by atoms with Gasteiger partial charge in [-0.1, -0.05) is 0 Å². The van der Waals surface area contributed by atoms with Crippen molar-refractivity contribution in [1.29, 1.82) is 0 Å². The van der Waals surface area contributed by atoms with Crippen molar-refractivity contribution in [3.8, 4) is 0 Å². The summed E-state index contributed by atoms with van der Waals surface area (Å²) in [7, 11) is -3.46. The van der Waals surface area contributed by atoms with Crippen LogP contribution in [0, 0.1) is 0 Å². The van der Waals surface area contributed by atoms with Crippen molar-refractivity contribution in [2.24, 2.45) is 0 Å². The number of pyridine rings is 1. The third-order valence-corrected chi connectivity index (χ3v) is 6.34. The van der Waals surface area contributed by atoms with Crippen LogP contribution in [0.2, 0.25) is 0 Å². The number of rotatable bonds is 2. The average molecular weight is 298 g/mol. The molecule has 2 aliphatic heterocycles. The summed E-state index contributed by atoms with van der Waals surface area (Å²) in [5.74, 6) is 0. The van der Waals surface area contributed by atoms with Crippen molar-refractivity contribution >= 4 is 15.5 Å². The van der Waals surface area contributed by atoms with E-state index in [0.29, 0.717) is 32.7 Å². The molecule has 110 valence electrons. The zero-order valence-electron chi connectivity index (χ0n) is 11.1. The fourth-order valence-corrected chi connectivity index (χ4v) is 4.86. The second kappa shape index (κ2) is 4.98. The fourth-order valence-electron chi connectivity index (χ4n) is 2.94. The lowest BCUT2D eigenvalue weighted by Crippen LogP contribution is -2.45. The van der Waals surface area contributed by atoms with Crippen LogP contribution in [0.5, 0.6) is 0 Å². The van der Waals surface area contributed by atoms with Gasteiger partial charge >= 0.3 is 0 Å². The lowest BCUT2D eigenvalue weighted by Gasteiger charge is -2.36. The van der Waals surface area contributed by atoms with Crippen molar-refractivity contribution in [2.75, 3.05) is 25.6 Å². The van der Waals surface area contributed by atoms with Gasteiger partial charge in [-0.2, -0.15) is 0 Å². The second-order valence-corrected chi connectivity index (χ2v) is 7.60. The van der Waals surface area contributed by atoms with Gasteiger partial charge < -0.3 is 15.2 Å². The van der Waals surface area contributed by atoms with E-state index in [2.05, 4.69) is 4.98 Å². The number of nitrogens with two attached hydrogens (primary N) is 1. The molecule has 2 fully saturated rings. The van der Waals surface area contributed by atoms with E-state index in [1.165, 1.54) is 18.5 Å². The van der Waals surface area contributed by atoms with Gasteiger partial charge in [0.05, 0.1) is 34.2 Å². The fraction of sp³-hybridized carbons (Fsp3) is 0.615. The van der Waals surface area contributed by atoms with E-state index in [4.69, 9.17) is 15.2 Å². The maximum atomic E-state index is 12.7. The molecule has 1 aromatic heterocycles. The summed E-state index contributed by atoms with van der Waals surface area (Å²) in [5, 5.41) is -0.470. The number of aromatic nitrogens is 1. The molecule has 0 amide bonds. The summed E-state index contributed by atoms with van der Waals surface area (Å²) in [5.41, 5.74) is 5.53. The van der Waals surface area contributed by atoms with Gasteiger partial charge in [-0.3, -0.25) is 4.98 Å². The molecule has 6 nitrogen and oxygen atoms in total. The lowest BCUT2D eigenvalue weighted by atomic mass is 9.93. The zero-order valence-corrected chi connectivity index (χ0v) is 11.9. The van der Waals surface area contributed by atoms with Crippen molar-refractivity contribution in [3.05, 3.63) is 18.5 Å². The van der Waals surface area contributed by atoms with Crippen LogP contribution in [0.15, 0.2) is 23.4 Å². The number of sulfone groups is 1. The van der Waals surface area contributed by atoms with E-state index in [0.717, 1.165) is 6.42 Å². The number of hydrogen-bond acceptors (Lipinski definition) is 6. The van der Waals surface area contributed by atoms with Gasteiger partial charge in [0.2, 0.25) is 0 Å². The molecule has 7 heteroatoms. The van der Waals surface area contributed by atoms with E-state index in [1.54, 1.807) is 0 Å². The van der Waals surface area contributed by atoms with Crippen LogP contribution in [0.1, 0.15) is 19.3 Å². The molecule has 2 atom stereocenters. The van der Waals surface area contributed by atoms with Crippen LogP contribution in [0.3, 0.4) is 0 Å². The van der Waals surface area contributed by atoms with Crippen molar-refractivity contribution in [3.63, 3.8) is 0 Å². The number of nitrogens with zero attached hydrogens (tertiary/aromatic N) is 1. The molecule has 0 aromatic carbocycles. The van der Waals surface area contributed by atoms with Gasteiger partial charge in [-0.25, -0.2) is 8.42 Å². The first kappa shape index (κ1) is 13.8. The van der Waals surface area contributed by atoms with Crippen LogP contribution in [0.4, 0.5) is 5.69 Å². The number of ether oxygens (including phenoxy) is 2. The minimum absolute atomic E-state index is 0.175. The van der Waals surface area contributed by atoms with Crippen molar-refractivity contribution in [1.82, 2.24) is 4.98 Å². The van der Waals surface area contributed by atoms with Gasteiger partial charge in [0.15, 0.2) is 9.84 Å². The standard InChI is InChI=1S/C13H18N2O4S/c14-11-8-15-4-1-12(11)20(16,17)10-2-5-19-13(7-10)3-6-18-9-13/h1,4,8,10H,2-3,5-7,9,14H2. The maximum Gasteiger partial charge on any atom is 0.183 e. The Bertz CT molecular complexity index is 596. The van der Waals surface area contributed by atoms with Crippen LogP contribution in [-0.2, 0) is 19.3 Å². The molecule has 2 saturated heterocycles. The van der Waals surface area contributed by atoms with Crippen molar-refractivity contribution in [2.45, 2.75) is 35.0 Å². The molecule has 2 N–H and O–H groups in total. The normalized spacial score (nSPS) is 30.7. The quantitative estimate of drug-likeness (QED) is 0.867. The molecular formula is C13H18N2O4S. The molecule has 3 rings (SSSR count). The van der Waals surface area contributed by atoms with Gasteiger partial charge in [0.25, 0.3) is 0 Å². The Morgan fingerprint density at radius 2 is 2.25 bits per heavy atom. The van der Waals surface area contributed by atoms with Gasteiger partial charge in [-0.05, 0) is 18.9 Å². The molecule has 1 aromatic rings. The van der Waals surface area contributed by atoms with Crippen LogP contribution in [0.25, 0.3) is 0 Å². The molecular weight excluding hydrogens is 280 g/mol. The molecule has 3 heterocycles. The van der Waals surface area contributed by atoms with Crippen LogP contribution < -0.4 is 5.73 Å². The van der Waals surface area contributed by atoms with Gasteiger partial charge in [0.1, 0.15) is 0 Å².